The van der Waals surface area contributed by atoms with Crippen molar-refractivity contribution in [2.45, 2.75) is 0 Å². The molecule has 0 radical (unpaired) electrons. The molecule has 15 heavy (non-hydrogen) atoms. The minimum Gasteiger partial charge on any atom is -0.394 e. The van der Waals surface area contributed by atoms with Crippen LogP contribution in [-0.4, -0.2) is 57.0 Å². The molecule has 0 rings (SSSR count). The van der Waals surface area contributed by atoms with E-state index in [4.69, 9.17) is 19.7 Å². The van der Waals surface area contributed by atoms with Gasteiger partial charge in [0.05, 0.1) is 46.8 Å². The van der Waals surface area contributed by atoms with Crippen LogP contribution in [0, 0.1) is 0 Å². The van der Waals surface area contributed by atoms with Crippen molar-refractivity contribution in [3.8, 4) is 0 Å². The summed E-state index contributed by atoms with van der Waals surface area (Å²) in [5.41, 5.74) is 0. The molecule has 0 aromatic heterocycles. The molecule has 0 saturated carbocycles. The topological polar surface area (TPSA) is 77.4 Å². The van der Waals surface area contributed by atoms with Crippen LogP contribution in [0.25, 0.3) is 0 Å². The van der Waals surface area contributed by atoms with Crippen LogP contribution in [0.3, 0.4) is 0 Å². The third-order valence-corrected chi connectivity index (χ3v) is 1.01. The van der Waals surface area contributed by atoms with Crippen molar-refractivity contribution in [3.05, 3.63) is 12.8 Å². The molecule has 0 bridgehead atoms. The quantitative estimate of drug-likeness (QED) is 0.242. The minimum atomic E-state index is 0.0417. The molecular weight excluding hydrogens is 204 g/mol. The third-order valence-electron chi connectivity index (χ3n) is 1.01. The molecule has 0 aliphatic rings. The molecule has 0 aliphatic carbocycles. The molecule has 0 aromatic rings. The van der Waals surface area contributed by atoms with E-state index in [-0.39, 0.29) is 13.2 Å². The maximum absolute atomic E-state index is 8.26. The second kappa shape index (κ2) is 19.0. The zero-order valence-corrected chi connectivity index (χ0v) is 9.05. The molecule has 0 aliphatic heterocycles. The van der Waals surface area contributed by atoms with E-state index in [1.54, 1.807) is 0 Å². The van der Waals surface area contributed by atoms with E-state index in [9.17, 15) is 0 Å². The molecule has 2 N–H and O–H groups in total. The molecule has 0 atom stereocenters. The zero-order chi connectivity index (χ0) is 11.8. The smallest absolute Gasteiger partial charge is 0.122 e. The van der Waals surface area contributed by atoms with Gasteiger partial charge in [0.15, 0.2) is 0 Å². The van der Waals surface area contributed by atoms with Crippen molar-refractivity contribution in [1.29, 1.82) is 0 Å². The lowest BCUT2D eigenvalue weighted by atomic mass is 10.7. The maximum atomic E-state index is 8.26. The number of hydrogen-bond donors (Lipinski definition) is 2. The summed E-state index contributed by atoms with van der Waals surface area (Å²) >= 11 is 0. The average molecular weight is 224 g/mol. The molecule has 0 fully saturated rings. The summed E-state index contributed by atoms with van der Waals surface area (Å²) in [6.07, 6.45) is 1.21. The fourth-order valence-corrected chi connectivity index (χ4v) is 0.519. The Labute approximate surface area is 89.9 Å². The van der Waals surface area contributed by atoms with Gasteiger partial charge >= 0.3 is 0 Å². The fraction of sp³-hybridized carbons (Fsp3) is 0.778. The Morgan fingerprint density at radius 1 is 1.00 bits per heavy atom. The summed E-state index contributed by atoms with van der Waals surface area (Å²) in [7, 11) is 1.42. The van der Waals surface area contributed by atoms with Crippen LogP contribution in [-0.2, 0) is 19.2 Å². The Bertz CT molecular complexity index is 101. The summed E-state index contributed by atoms with van der Waals surface area (Å²) in [5.74, 6) is 0. The number of aliphatic hydroxyl groups is 2. The van der Waals surface area contributed by atoms with Gasteiger partial charge in [-0.2, -0.15) is 4.89 Å². The fourth-order valence-electron chi connectivity index (χ4n) is 0.519. The number of rotatable bonds is 9. The summed E-state index contributed by atoms with van der Waals surface area (Å²) in [6.45, 7) is 4.93. The van der Waals surface area contributed by atoms with Crippen molar-refractivity contribution in [2.75, 3.05) is 46.8 Å². The van der Waals surface area contributed by atoms with Gasteiger partial charge in [-0.15, -0.1) is 0 Å². The SMILES string of the molecule is C=COOC.OCCOCCOCCO. The molecule has 0 aromatic carbocycles. The van der Waals surface area contributed by atoms with Crippen LogP contribution >= 0.6 is 0 Å². The molecule has 0 amide bonds. The van der Waals surface area contributed by atoms with Gasteiger partial charge < -0.3 is 24.6 Å². The maximum Gasteiger partial charge on any atom is 0.122 e. The van der Waals surface area contributed by atoms with Gasteiger partial charge in [-0.05, 0) is 0 Å². The zero-order valence-electron chi connectivity index (χ0n) is 9.05. The van der Waals surface area contributed by atoms with Gasteiger partial charge in [-0.25, -0.2) is 0 Å². The van der Waals surface area contributed by atoms with Gasteiger partial charge in [0.2, 0.25) is 0 Å². The van der Waals surface area contributed by atoms with E-state index in [2.05, 4.69) is 16.4 Å². The highest BCUT2D eigenvalue weighted by molar-refractivity contribution is 4.41. The first-order chi connectivity index (χ1) is 7.33. The van der Waals surface area contributed by atoms with Crippen molar-refractivity contribution in [2.24, 2.45) is 0 Å². The van der Waals surface area contributed by atoms with E-state index in [0.29, 0.717) is 26.4 Å². The lowest BCUT2D eigenvalue weighted by molar-refractivity contribution is -0.222. The lowest BCUT2D eigenvalue weighted by Gasteiger charge is -2.01. The second-order valence-electron chi connectivity index (χ2n) is 2.10. The standard InChI is InChI=1S/C6H14O4.C3H6O2/c7-1-3-9-5-6-10-4-2-8;1-3-5-4-2/h7-8H,1-6H2;3H,1H2,2H3. The van der Waals surface area contributed by atoms with E-state index < -0.39 is 0 Å². The second-order valence-corrected chi connectivity index (χ2v) is 2.10. The molecule has 0 heterocycles. The van der Waals surface area contributed by atoms with Gasteiger partial charge in [0.1, 0.15) is 6.26 Å². The normalized spacial score (nSPS) is 9.00. The van der Waals surface area contributed by atoms with Crippen molar-refractivity contribution in [1.82, 2.24) is 0 Å². The van der Waals surface area contributed by atoms with Gasteiger partial charge in [0, 0.05) is 0 Å². The van der Waals surface area contributed by atoms with Crippen LogP contribution in [0.15, 0.2) is 12.8 Å². The summed E-state index contributed by atoms with van der Waals surface area (Å²) in [6, 6.07) is 0. The largest absolute Gasteiger partial charge is 0.394 e. The molecule has 6 heteroatoms. The number of ether oxygens (including phenoxy) is 2. The van der Waals surface area contributed by atoms with Crippen LogP contribution in [0.5, 0.6) is 0 Å². The van der Waals surface area contributed by atoms with E-state index >= 15 is 0 Å². The van der Waals surface area contributed by atoms with Crippen molar-refractivity contribution in [3.63, 3.8) is 0 Å². The van der Waals surface area contributed by atoms with Crippen LogP contribution in [0.1, 0.15) is 0 Å². The first-order valence-electron chi connectivity index (χ1n) is 4.51. The minimum absolute atomic E-state index is 0.0417. The Kier molecular flexibility index (Phi) is 21.2. The predicted octanol–water partition coefficient (Wildman–Crippen LogP) is -0.288. The van der Waals surface area contributed by atoms with Gasteiger partial charge in [0.25, 0.3) is 0 Å². The molecule has 92 valence electrons. The summed E-state index contributed by atoms with van der Waals surface area (Å²) in [5, 5.41) is 16.5. The number of hydrogen-bond acceptors (Lipinski definition) is 6. The Balaban J connectivity index is 0. The Hall–Kier alpha value is -0.660. The molecule has 0 unspecified atom stereocenters. The van der Waals surface area contributed by atoms with Gasteiger partial charge in [-0.3, -0.25) is 0 Å². The third kappa shape index (κ3) is 24.7. The lowest BCUT2D eigenvalue weighted by Crippen LogP contribution is -2.09. The monoisotopic (exact) mass is 224 g/mol. The molecular formula is C9H20O6. The highest BCUT2D eigenvalue weighted by Gasteiger charge is 1.86. The highest BCUT2D eigenvalue weighted by Crippen LogP contribution is 1.76. The first-order valence-corrected chi connectivity index (χ1v) is 4.51. The van der Waals surface area contributed by atoms with Crippen molar-refractivity contribution >= 4 is 0 Å². The predicted molar refractivity (Wildman–Crippen MR) is 54.1 cm³/mol. The molecule has 0 saturated heterocycles. The summed E-state index contributed by atoms with van der Waals surface area (Å²) < 4.78 is 9.75. The van der Waals surface area contributed by atoms with E-state index in [1.165, 1.54) is 13.4 Å². The average Bonchev–Trinajstić information content (AvgIpc) is 2.25. The highest BCUT2D eigenvalue weighted by atomic mass is 17.2. The van der Waals surface area contributed by atoms with Crippen LogP contribution < -0.4 is 0 Å². The Morgan fingerprint density at radius 3 is 1.67 bits per heavy atom. The van der Waals surface area contributed by atoms with Crippen molar-refractivity contribution < 1.29 is 29.5 Å². The number of aliphatic hydroxyl groups excluding tert-OH is 2. The Morgan fingerprint density at radius 2 is 1.47 bits per heavy atom. The van der Waals surface area contributed by atoms with Gasteiger partial charge in [-0.1, -0.05) is 6.58 Å². The van der Waals surface area contributed by atoms with Crippen LogP contribution in [0.4, 0.5) is 0 Å². The van der Waals surface area contributed by atoms with E-state index in [0.717, 1.165) is 0 Å². The molecule has 6 nitrogen and oxygen atoms in total. The first kappa shape index (κ1) is 16.8. The molecule has 0 spiro atoms. The van der Waals surface area contributed by atoms with Crippen LogP contribution in [0.2, 0.25) is 0 Å². The van der Waals surface area contributed by atoms with E-state index in [1.807, 2.05) is 0 Å². The summed E-state index contributed by atoms with van der Waals surface area (Å²) in [4.78, 5) is 8.17.